The molecule has 2 rings (SSSR count). The van der Waals surface area contributed by atoms with Crippen LogP contribution in [0.15, 0.2) is 40.8 Å². The summed E-state index contributed by atoms with van der Waals surface area (Å²) in [5.74, 6) is -0.462. The lowest BCUT2D eigenvalue weighted by atomic mass is 10.2. The Morgan fingerprint density at radius 1 is 1.31 bits per heavy atom. The van der Waals surface area contributed by atoms with E-state index in [1.807, 2.05) is 25.1 Å². The van der Waals surface area contributed by atoms with E-state index >= 15 is 0 Å². The van der Waals surface area contributed by atoms with Crippen molar-refractivity contribution in [3.63, 3.8) is 0 Å². The fourth-order valence-corrected chi connectivity index (χ4v) is 1.28. The molecule has 0 aliphatic carbocycles. The Morgan fingerprint density at radius 2 is 2.12 bits per heavy atom. The van der Waals surface area contributed by atoms with Gasteiger partial charge in [0.25, 0.3) is 5.95 Å². The minimum atomic E-state index is -1.11. The van der Waals surface area contributed by atoms with Gasteiger partial charge in [0.2, 0.25) is 5.76 Å². The van der Waals surface area contributed by atoms with Gasteiger partial charge in [0.1, 0.15) is 5.75 Å². The number of ether oxygens (including phenoxy) is 1. The quantitative estimate of drug-likeness (QED) is 0.859. The zero-order valence-corrected chi connectivity index (χ0v) is 8.64. The molecule has 4 heteroatoms. The van der Waals surface area contributed by atoms with Crippen LogP contribution in [0, 0.1) is 6.92 Å². The van der Waals surface area contributed by atoms with Gasteiger partial charge in [-0.15, -0.1) is 0 Å². The summed E-state index contributed by atoms with van der Waals surface area (Å²) in [4.78, 5) is 10.6. The van der Waals surface area contributed by atoms with Crippen LogP contribution >= 0.6 is 0 Å². The van der Waals surface area contributed by atoms with Crippen molar-refractivity contribution in [3.05, 3.63) is 47.7 Å². The molecule has 0 fully saturated rings. The summed E-state index contributed by atoms with van der Waals surface area (Å²) in [5.41, 5.74) is 1.06. The molecule has 16 heavy (non-hydrogen) atoms. The van der Waals surface area contributed by atoms with Crippen molar-refractivity contribution < 1.29 is 19.1 Å². The Morgan fingerprint density at radius 3 is 2.75 bits per heavy atom. The van der Waals surface area contributed by atoms with Crippen LogP contribution in [-0.2, 0) is 0 Å². The molecule has 1 aromatic heterocycles. The van der Waals surface area contributed by atoms with E-state index in [9.17, 15) is 4.79 Å². The van der Waals surface area contributed by atoms with E-state index in [0.717, 1.165) is 5.56 Å². The van der Waals surface area contributed by atoms with Gasteiger partial charge in [-0.1, -0.05) is 12.1 Å². The van der Waals surface area contributed by atoms with Gasteiger partial charge in [-0.05, 0) is 30.7 Å². The van der Waals surface area contributed by atoms with Crippen LogP contribution in [-0.4, -0.2) is 11.1 Å². The van der Waals surface area contributed by atoms with Crippen molar-refractivity contribution in [2.24, 2.45) is 0 Å². The maximum absolute atomic E-state index is 10.6. The Bertz CT molecular complexity index is 513. The highest BCUT2D eigenvalue weighted by Gasteiger charge is 2.09. The number of carbonyl (C=O) groups is 1. The third-order valence-electron chi connectivity index (χ3n) is 2.00. The maximum atomic E-state index is 10.6. The summed E-state index contributed by atoms with van der Waals surface area (Å²) in [6, 6.07) is 10.2. The maximum Gasteiger partial charge on any atom is 0.371 e. The van der Waals surface area contributed by atoms with Crippen LogP contribution in [0.5, 0.6) is 11.7 Å². The average molecular weight is 218 g/mol. The van der Waals surface area contributed by atoms with Crippen molar-refractivity contribution in [1.29, 1.82) is 0 Å². The SMILES string of the molecule is Cc1cccc(Oc2ccc(C(=O)O)o2)c1. The summed E-state index contributed by atoms with van der Waals surface area (Å²) < 4.78 is 10.3. The lowest BCUT2D eigenvalue weighted by Crippen LogP contribution is -1.91. The van der Waals surface area contributed by atoms with Gasteiger partial charge in [-0.25, -0.2) is 4.79 Å². The zero-order valence-electron chi connectivity index (χ0n) is 8.64. The van der Waals surface area contributed by atoms with Crippen LogP contribution in [0.4, 0.5) is 0 Å². The first-order valence-electron chi connectivity index (χ1n) is 4.73. The van der Waals surface area contributed by atoms with Crippen LogP contribution in [0.2, 0.25) is 0 Å². The number of benzene rings is 1. The predicted molar refractivity (Wildman–Crippen MR) is 56.9 cm³/mol. The third kappa shape index (κ3) is 2.23. The second kappa shape index (κ2) is 4.10. The molecule has 0 radical (unpaired) electrons. The normalized spacial score (nSPS) is 10.1. The number of aryl methyl sites for hydroxylation is 1. The molecule has 0 amide bonds. The summed E-state index contributed by atoms with van der Waals surface area (Å²) in [7, 11) is 0. The monoisotopic (exact) mass is 218 g/mol. The van der Waals surface area contributed by atoms with Gasteiger partial charge in [-0.2, -0.15) is 0 Å². The average Bonchev–Trinajstić information content (AvgIpc) is 2.66. The lowest BCUT2D eigenvalue weighted by Gasteiger charge is -2.01. The molecule has 1 heterocycles. The molecular formula is C12H10O4. The first-order chi connectivity index (χ1) is 7.65. The summed E-state index contributed by atoms with van der Waals surface area (Å²) in [6.07, 6.45) is 0. The molecule has 1 N–H and O–H groups in total. The van der Waals surface area contributed by atoms with E-state index in [1.165, 1.54) is 12.1 Å². The van der Waals surface area contributed by atoms with Crippen LogP contribution in [0.3, 0.4) is 0 Å². The third-order valence-corrected chi connectivity index (χ3v) is 2.00. The molecule has 0 saturated carbocycles. The van der Waals surface area contributed by atoms with E-state index < -0.39 is 5.97 Å². The molecule has 0 saturated heterocycles. The van der Waals surface area contributed by atoms with E-state index in [2.05, 4.69) is 0 Å². The van der Waals surface area contributed by atoms with Gasteiger partial charge in [-0.3, -0.25) is 0 Å². The second-order valence-corrected chi connectivity index (χ2v) is 3.34. The van der Waals surface area contributed by atoms with Crippen LogP contribution < -0.4 is 4.74 Å². The van der Waals surface area contributed by atoms with E-state index in [0.29, 0.717) is 5.75 Å². The molecule has 0 aliphatic rings. The molecule has 1 aromatic carbocycles. The molecule has 0 atom stereocenters. The number of aromatic carboxylic acids is 1. The first kappa shape index (κ1) is 10.3. The van der Waals surface area contributed by atoms with Crippen molar-refractivity contribution in [2.45, 2.75) is 6.92 Å². The minimum Gasteiger partial charge on any atom is -0.475 e. The summed E-state index contributed by atoms with van der Waals surface area (Å²) >= 11 is 0. The van der Waals surface area contributed by atoms with Gasteiger partial charge >= 0.3 is 5.97 Å². The number of carboxylic acids is 1. The molecule has 82 valence electrons. The molecule has 2 aromatic rings. The largest absolute Gasteiger partial charge is 0.475 e. The zero-order chi connectivity index (χ0) is 11.5. The van der Waals surface area contributed by atoms with Crippen molar-refractivity contribution in [2.75, 3.05) is 0 Å². The van der Waals surface area contributed by atoms with Crippen molar-refractivity contribution in [1.82, 2.24) is 0 Å². The predicted octanol–water partition coefficient (Wildman–Crippen LogP) is 3.08. The van der Waals surface area contributed by atoms with Gasteiger partial charge < -0.3 is 14.3 Å². The van der Waals surface area contributed by atoms with Crippen molar-refractivity contribution in [3.8, 4) is 11.7 Å². The molecule has 0 aliphatic heterocycles. The molecule has 4 nitrogen and oxygen atoms in total. The Kier molecular flexibility index (Phi) is 2.64. The van der Waals surface area contributed by atoms with Gasteiger partial charge in [0.15, 0.2) is 0 Å². The number of carboxylic acid groups (broad SMARTS) is 1. The first-order valence-corrected chi connectivity index (χ1v) is 4.73. The smallest absolute Gasteiger partial charge is 0.371 e. The second-order valence-electron chi connectivity index (χ2n) is 3.34. The molecular weight excluding hydrogens is 208 g/mol. The summed E-state index contributed by atoms with van der Waals surface area (Å²) in [6.45, 7) is 1.94. The van der Waals surface area contributed by atoms with Crippen LogP contribution in [0.25, 0.3) is 0 Å². The van der Waals surface area contributed by atoms with E-state index in [-0.39, 0.29) is 11.7 Å². The Balaban J connectivity index is 2.17. The Hall–Kier alpha value is -2.23. The highest BCUT2D eigenvalue weighted by atomic mass is 16.6. The molecule has 0 unspecified atom stereocenters. The molecule has 0 spiro atoms. The number of furan rings is 1. The minimum absolute atomic E-state index is 0.136. The number of hydrogen-bond donors (Lipinski definition) is 1. The van der Waals surface area contributed by atoms with Crippen LogP contribution in [0.1, 0.15) is 16.1 Å². The highest BCUT2D eigenvalue weighted by molar-refractivity contribution is 5.84. The summed E-state index contributed by atoms with van der Waals surface area (Å²) in [5, 5.41) is 8.66. The van der Waals surface area contributed by atoms with Gasteiger partial charge in [0, 0.05) is 6.07 Å². The highest BCUT2D eigenvalue weighted by Crippen LogP contribution is 2.24. The fraction of sp³-hybridized carbons (Fsp3) is 0.0833. The van der Waals surface area contributed by atoms with E-state index in [4.69, 9.17) is 14.3 Å². The fourth-order valence-electron chi connectivity index (χ4n) is 1.28. The van der Waals surface area contributed by atoms with E-state index in [1.54, 1.807) is 6.07 Å². The van der Waals surface area contributed by atoms with Crippen molar-refractivity contribution >= 4 is 5.97 Å². The standard InChI is InChI=1S/C12H10O4/c1-8-3-2-4-9(7-8)15-11-6-5-10(16-11)12(13)14/h2-7H,1H3,(H,13,14). The van der Waals surface area contributed by atoms with Gasteiger partial charge in [0.05, 0.1) is 0 Å². The Labute approximate surface area is 92.1 Å². The lowest BCUT2D eigenvalue weighted by molar-refractivity contribution is 0.0657. The topological polar surface area (TPSA) is 59.7 Å². The number of hydrogen-bond acceptors (Lipinski definition) is 3. The number of rotatable bonds is 3. The molecule has 0 bridgehead atoms.